The first-order valence-electron chi connectivity index (χ1n) is 7.69. The van der Waals surface area contributed by atoms with Crippen molar-refractivity contribution in [3.05, 3.63) is 60.2 Å². The van der Waals surface area contributed by atoms with E-state index in [9.17, 15) is 4.79 Å². The Kier molecular flexibility index (Phi) is 4.04. The predicted molar refractivity (Wildman–Crippen MR) is 93.9 cm³/mol. The third kappa shape index (κ3) is 2.92. The van der Waals surface area contributed by atoms with E-state index in [2.05, 4.69) is 10.1 Å². The number of para-hydroxylation sites is 2. The van der Waals surface area contributed by atoms with Gasteiger partial charge in [0.2, 0.25) is 0 Å². The Hall–Kier alpha value is -2.60. The normalized spacial score (nSPS) is 16.8. The van der Waals surface area contributed by atoms with Gasteiger partial charge in [-0.3, -0.25) is 4.79 Å². The summed E-state index contributed by atoms with van der Waals surface area (Å²) in [5.41, 5.74) is 2.62. The smallest absolute Gasteiger partial charge is 0.257 e. The second kappa shape index (κ2) is 6.49. The maximum Gasteiger partial charge on any atom is 0.257 e. The first-order chi connectivity index (χ1) is 11.8. The van der Waals surface area contributed by atoms with E-state index in [0.29, 0.717) is 5.22 Å². The Morgan fingerprint density at radius 2 is 1.96 bits per heavy atom. The molecule has 120 valence electrons. The lowest BCUT2D eigenvalue weighted by Gasteiger charge is -2.21. The number of aromatic nitrogens is 1. The van der Waals surface area contributed by atoms with Crippen LogP contribution in [0.25, 0.3) is 11.1 Å². The number of fused-ring (bicyclic) bond motifs is 1. The number of hydrogen-bond acceptors (Lipinski definition) is 5. The quantitative estimate of drug-likeness (QED) is 0.678. The number of hydrogen-bond donors (Lipinski definition) is 0. The Labute approximate surface area is 143 Å². The van der Waals surface area contributed by atoms with E-state index in [1.165, 1.54) is 11.8 Å². The molecule has 1 amide bonds. The average molecular weight is 337 g/mol. The first kappa shape index (κ1) is 15.0. The molecule has 2 aromatic carbocycles. The maximum atomic E-state index is 12.5. The van der Waals surface area contributed by atoms with E-state index in [1.807, 2.05) is 54.6 Å². The molecular formula is C18H15N3O2S. The minimum absolute atomic E-state index is 0.0251. The molecule has 0 fully saturated rings. The molecular weight excluding hydrogens is 322 g/mol. The van der Waals surface area contributed by atoms with Gasteiger partial charge in [0.15, 0.2) is 5.58 Å². The van der Waals surface area contributed by atoms with Crippen molar-refractivity contribution < 1.29 is 9.21 Å². The van der Waals surface area contributed by atoms with Gasteiger partial charge in [-0.05, 0) is 17.7 Å². The van der Waals surface area contributed by atoms with Crippen LogP contribution in [-0.4, -0.2) is 27.9 Å². The molecule has 0 saturated carbocycles. The summed E-state index contributed by atoms with van der Waals surface area (Å²) in [6.45, 7) is 0. The molecule has 6 heteroatoms. The van der Waals surface area contributed by atoms with Gasteiger partial charge in [0, 0.05) is 12.6 Å². The number of carbonyl (C=O) groups excluding carboxylic acids is 1. The highest BCUT2D eigenvalue weighted by molar-refractivity contribution is 7.99. The number of oxazole rings is 1. The van der Waals surface area contributed by atoms with Crippen LogP contribution in [0.2, 0.25) is 0 Å². The van der Waals surface area contributed by atoms with Gasteiger partial charge < -0.3 is 4.42 Å². The predicted octanol–water partition coefficient (Wildman–Crippen LogP) is 3.88. The van der Waals surface area contributed by atoms with E-state index in [4.69, 9.17) is 4.42 Å². The Bertz CT molecular complexity index is 858. The molecule has 0 unspecified atom stereocenters. The van der Waals surface area contributed by atoms with E-state index < -0.39 is 0 Å². The van der Waals surface area contributed by atoms with Crippen LogP contribution in [0.5, 0.6) is 0 Å². The van der Waals surface area contributed by atoms with E-state index in [1.54, 1.807) is 11.2 Å². The molecule has 3 aromatic rings. The SMILES string of the molecule is O=C(CSc1nc2ccccc2o1)N1N=CC[C@H]1c1ccccc1. The maximum absolute atomic E-state index is 12.5. The van der Waals surface area contributed by atoms with Crippen molar-refractivity contribution >= 4 is 35.0 Å². The van der Waals surface area contributed by atoms with E-state index in [-0.39, 0.29) is 17.7 Å². The van der Waals surface area contributed by atoms with Crippen LogP contribution in [0.3, 0.4) is 0 Å². The monoisotopic (exact) mass is 337 g/mol. The van der Waals surface area contributed by atoms with Crippen LogP contribution in [0.4, 0.5) is 0 Å². The minimum Gasteiger partial charge on any atom is -0.431 e. The number of thioether (sulfide) groups is 1. The van der Waals surface area contributed by atoms with Crippen molar-refractivity contribution in [1.29, 1.82) is 0 Å². The molecule has 1 atom stereocenters. The van der Waals surface area contributed by atoms with Crippen molar-refractivity contribution in [2.75, 3.05) is 5.75 Å². The fourth-order valence-electron chi connectivity index (χ4n) is 2.71. The molecule has 4 rings (SSSR count). The van der Waals surface area contributed by atoms with Crippen LogP contribution in [0.15, 0.2) is 69.3 Å². The number of amides is 1. The number of hydrazone groups is 1. The Morgan fingerprint density at radius 3 is 2.79 bits per heavy atom. The van der Waals surface area contributed by atoms with E-state index in [0.717, 1.165) is 23.1 Å². The van der Waals surface area contributed by atoms with E-state index >= 15 is 0 Å². The zero-order valence-corrected chi connectivity index (χ0v) is 13.6. The summed E-state index contributed by atoms with van der Waals surface area (Å²) in [5, 5.41) is 6.31. The van der Waals surface area contributed by atoms with Crippen LogP contribution in [0.1, 0.15) is 18.0 Å². The molecule has 2 heterocycles. The summed E-state index contributed by atoms with van der Waals surface area (Å²) < 4.78 is 5.64. The third-order valence-corrected chi connectivity index (χ3v) is 4.68. The summed E-state index contributed by atoms with van der Waals surface area (Å²) in [4.78, 5) is 16.9. The number of benzene rings is 2. The highest BCUT2D eigenvalue weighted by Gasteiger charge is 2.28. The standard InChI is InChI=1S/C18H15N3O2S/c22-17(12-24-18-20-14-8-4-5-9-16(14)23-18)21-15(10-11-19-21)13-6-2-1-3-7-13/h1-9,11,15H,10,12H2/t15-/m0/s1. The van der Waals surface area contributed by atoms with Crippen LogP contribution in [0, 0.1) is 0 Å². The summed E-state index contributed by atoms with van der Waals surface area (Å²) in [7, 11) is 0. The fraction of sp³-hybridized carbons (Fsp3) is 0.167. The third-order valence-electron chi connectivity index (χ3n) is 3.86. The molecule has 0 N–H and O–H groups in total. The van der Waals surface area contributed by atoms with Gasteiger partial charge in [-0.1, -0.05) is 54.2 Å². The second-order valence-corrected chi connectivity index (χ2v) is 6.36. The summed E-state index contributed by atoms with van der Waals surface area (Å²) in [6, 6.07) is 17.5. The van der Waals surface area contributed by atoms with Crippen LogP contribution >= 0.6 is 11.8 Å². The van der Waals surface area contributed by atoms with Crippen molar-refractivity contribution in [3.63, 3.8) is 0 Å². The van der Waals surface area contributed by atoms with Crippen molar-refractivity contribution in [3.8, 4) is 0 Å². The molecule has 0 bridgehead atoms. The molecule has 1 aliphatic heterocycles. The van der Waals surface area contributed by atoms with Gasteiger partial charge >= 0.3 is 0 Å². The number of carbonyl (C=O) groups is 1. The van der Waals surface area contributed by atoms with Gasteiger partial charge in [0.25, 0.3) is 11.1 Å². The first-order valence-corrected chi connectivity index (χ1v) is 8.67. The lowest BCUT2D eigenvalue weighted by atomic mass is 10.0. The highest BCUT2D eigenvalue weighted by atomic mass is 32.2. The fourth-order valence-corrected chi connectivity index (χ4v) is 3.40. The van der Waals surface area contributed by atoms with Crippen molar-refractivity contribution in [1.82, 2.24) is 9.99 Å². The lowest BCUT2D eigenvalue weighted by Crippen LogP contribution is -2.28. The topological polar surface area (TPSA) is 58.7 Å². The minimum atomic E-state index is -0.0511. The summed E-state index contributed by atoms with van der Waals surface area (Å²) in [6.07, 6.45) is 2.53. The molecule has 0 radical (unpaired) electrons. The average Bonchev–Trinajstić information content (AvgIpc) is 3.27. The van der Waals surface area contributed by atoms with Gasteiger partial charge in [-0.15, -0.1) is 0 Å². The van der Waals surface area contributed by atoms with Gasteiger partial charge in [0.1, 0.15) is 5.52 Å². The molecule has 0 spiro atoms. The van der Waals surface area contributed by atoms with Crippen molar-refractivity contribution in [2.45, 2.75) is 17.7 Å². The number of rotatable bonds is 4. The zero-order valence-electron chi connectivity index (χ0n) is 12.8. The lowest BCUT2D eigenvalue weighted by molar-refractivity contribution is -0.130. The molecule has 24 heavy (non-hydrogen) atoms. The summed E-state index contributed by atoms with van der Waals surface area (Å²) in [5.74, 6) is 0.192. The number of nitrogens with zero attached hydrogens (tertiary/aromatic N) is 3. The zero-order chi connectivity index (χ0) is 16.4. The molecule has 1 aromatic heterocycles. The summed E-state index contributed by atoms with van der Waals surface area (Å²) >= 11 is 1.30. The molecule has 0 aliphatic carbocycles. The second-order valence-electron chi connectivity index (χ2n) is 5.43. The Balaban J connectivity index is 1.44. The molecule has 5 nitrogen and oxygen atoms in total. The highest BCUT2D eigenvalue weighted by Crippen LogP contribution is 2.30. The van der Waals surface area contributed by atoms with Crippen molar-refractivity contribution in [2.24, 2.45) is 5.10 Å². The van der Waals surface area contributed by atoms with Crippen LogP contribution in [-0.2, 0) is 4.79 Å². The van der Waals surface area contributed by atoms with Gasteiger partial charge in [-0.2, -0.15) is 5.10 Å². The van der Waals surface area contributed by atoms with Crippen LogP contribution < -0.4 is 0 Å². The molecule has 0 saturated heterocycles. The van der Waals surface area contributed by atoms with Gasteiger partial charge in [0.05, 0.1) is 11.8 Å². The Morgan fingerprint density at radius 1 is 1.17 bits per heavy atom. The molecule has 1 aliphatic rings. The van der Waals surface area contributed by atoms with Gasteiger partial charge in [-0.25, -0.2) is 9.99 Å². The largest absolute Gasteiger partial charge is 0.431 e.